The van der Waals surface area contributed by atoms with Crippen molar-refractivity contribution in [3.05, 3.63) is 46.7 Å². The van der Waals surface area contributed by atoms with Gasteiger partial charge in [0.15, 0.2) is 0 Å². The molecule has 1 aromatic carbocycles. The second-order valence-electron chi connectivity index (χ2n) is 4.65. The first kappa shape index (κ1) is 17.0. The molecular formula is C16H18N2O4S. The number of carbonyl (C=O) groups excluding carboxylic acids is 2. The highest BCUT2D eigenvalue weighted by atomic mass is 32.1. The lowest BCUT2D eigenvalue weighted by atomic mass is 10.3. The van der Waals surface area contributed by atoms with Gasteiger partial charge in [-0.05, 0) is 42.6 Å². The van der Waals surface area contributed by atoms with Crippen LogP contribution in [-0.4, -0.2) is 30.1 Å². The molecule has 0 spiro atoms. The highest BCUT2D eigenvalue weighted by molar-refractivity contribution is 7.10. The van der Waals surface area contributed by atoms with Crippen molar-refractivity contribution >= 4 is 28.8 Å². The molecule has 0 fully saturated rings. The maximum absolute atomic E-state index is 11.8. The van der Waals surface area contributed by atoms with Crippen molar-refractivity contribution in [2.45, 2.75) is 13.0 Å². The minimum Gasteiger partial charge on any atom is -0.494 e. The van der Waals surface area contributed by atoms with Gasteiger partial charge in [0.25, 0.3) is 0 Å². The zero-order chi connectivity index (χ0) is 16.7. The third-order valence-electron chi connectivity index (χ3n) is 2.96. The maximum Gasteiger partial charge on any atom is 0.313 e. The Bertz CT molecular complexity index is 641. The van der Waals surface area contributed by atoms with E-state index in [1.54, 1.807) is 30.3 Å². The van der Waals surface area contributed by atoms with Gasteiger partial charge in [-0.25, -0.2) is 0 Å². The van der Waals surface area contributed by atoms with Crippen molar-refractivity contribution in [2.24, 2.45) is 0 Å². The maximum atomic E-state index is 11.8. The van der Waals surface area contributed by atoms with Crippen LogP contribution in [0.3, 0.4) is 0 Å². The van der Waals surface area contributed by atoms with Crippen LogP contribution in [0.2, 0.25) is 0 Å². The molecule has 2 amide bonds. The average Bonchev–Trinajstić information content (AvgIpc) is 3.09. The number of aliphatic hydroxyl groups excluding tert-OH is 1. The molecule has 1 unspecified atom stereocenters. The highest BCUT2D eigenvalue weighted by Crippen LogP contribution is 2.18. The summed E-state index contributed by atoms with van der Waals surface area (Å²) >= 11 is 1.39. The Balaban J connectivity index is 1.81. The minimum absolute atomic E-state index is 0.0178. The number of aliphatic hydroxyl groups is 1. The van der Waals surface area contributed by atoms with E-state index in [4.69, 9.17) is 4.74 Å². The first-order chi connectivity index (χ1) is 11.1. The van der Waals surface area contributed by atoms with Crippen LogP contribution in [-0.2, 0) is 9.59 Å². The summed E-state index contributed by atoms with van der Waals surface area (Å²) in [5.41, 5.74) is 0.493. The molecule has 7 heteroatoms. The number of rotatable bonds is 6. The summed E-state index contributed by atoms with van der Waals surface area (Å²) in [6.45, 7) is 2.42. The third kappa shape index (κ3) is 5.08. The van der Waals surface area contributed by atoms with Crippen molar-refractivity contribution < 1.29 is 19.4 Å². The zero-order valence-corrected chi connectivity index (χ0v) is 13.4. The van der Waals surface area contributed by atoms with Crippen LogP contribution in [0.25, 0.3) is 0 Å². The van der Waals surface area contributed by atoms with Crippen LogP contribution < -0.4 is 15.4 Å². The molecule has 122 valence electrons. The van der Waals surface area contributed by atoms with Crippen molar-refractivity contribution in [3.63, 3.8) is 0 Å². The van der Waals surface area contributed by atoms with Crippen molar-refractivity contribution in [1.29, 1.82) is 0 Å². The molecule has 6 nitrogen and oxygen atoms in total. The Labute approximate surface area is 138 Å². The van der Waals surface area contributed by atoms with Crippen molar-refractivity contribution in [1.82, 2.24) is 5.32 Å². The van der Waals surface area contributed by atoms with Crippen LogP contribution in [0.5, 0.6) is 5.75 Å². The fraction of sp³-hybridized carbons (Fsp3) is 0.250. The first-order valence-corrected chi connectivity index (χ1v) is 8.01. The monoisotopic (exact) mass is 334 g/mol. The van der Waals surface area contributed by atoms with Crippen LogP contribution in [0.4, 0.5) is 5.69 Å². The Morgan fingerprint density at radius 2 is 1.96 bits per heavy atom. The number of carbonyl (C=O) groups is 2. The van der Waals surface area contributed by atoms with E-state index in [9.17, 15) is 14.7 Å². The quantitative estimate of drug-likeness (QED) is 0.705. The molecule has 0 aliphatic rings. The molecule has 1 aromatic heterocycles. The molecule has 3 N–H and O–H groups in total. The largest absolute Gasteiger partial charge is 0.494 e. The number of ether oxygens (including phenoxy) is 1. The number of amides is 2. The molecule has 1 atom stereocenters. The van der Waals surface area contributed by atoms with E-state index in [1.807, 2.05) is 18.4 Å². The molecular weight excluding hydrogens is 316 g/mol. The number of benzene rings is 1. The smallest absolute Gasteiger partial charge is 0.313 e. The summed E-state index contributed by atoms with van der Waals surface area (Å²) in [5.74, 6) is -0.893. The number of hydrogen-bond donors (Lipinski definition) is 3. The average molecular weight is 334 g/mol. The van der Waals surface area contributed by atoms with E-state index in [1.165, 1.54) is 11.3 Å². The van der Waals surface area contributed by atoms with Gasteiger partial charge in [0.05, 0.1) is 6.61 Å². The van der Waals surface area contributed by atoms with Gasteiger partial charge < -0.3 is 20.5 Å². The predicted octanol–water partition coefficient (Wildman–Crippen LogP) is 1.94. The Hall–Kier alpha value is -2.38. The number of anilines is 1. The SMILES string of the molecule is CCOc1ccc(NC(=O)C(=O)NCC(O)c2cccs2)cc1. The van der Waals surface area contributed by atoms with Crippen molar-refractivity contribution in [3.8, 4) is 5.75 Å². The molecule has 2 aromatic rings. The summed E-state index contributed by atoms with van der Waals surface area (Å²) in [6, 6.07) is 10.3. The molecule has 0 saturated heterocycles. The molecule has 0 saturated carbocycles. The number of hydrogen-bond acceptors (Lipinski definition) is 5. The summed E-state index contributed by atoms with van der Waals surface area (Å²) in [7, 11) is 0. The van der Waals surface area contributed by atoms with Crippen LogP contribution >= 0.6 is 11.3 Å². The van der Waals surface area contributed by atoms with E-state index in [0.717, 1.165) is 4.88 Å². The van der Waals surface area contributed by atoms with Crippen LogP contribution in [0, 0.1) is 0 Å². The fourth-order valence-electron chi connectivity index (χ4n) is 1.84. The number of thiophene rings is 1. The molecule has 0 aliphatic heterocycles. The lowest BCUT2D eigenvalue weighted by Crippen LogP contribution is -2.37. The van der Waals surface area contributed by atoms with Gasteiger partial charge in [-0.1, -0.05) is 6.07 Å². The molecule has 0 aliphatic carbocycles. The van der Waals surface area contributed by atoms with Gasteiger partial charge in [0, 0.05) is 17.1 Å². The Morgan fingerprint density at radius 3 is 2.57 bits per heavy atom. The Kier molecular flexibility index (Phi) is 6.13. The van der Waals surface area contributed by atoms with E-state index in [2.05, 4.69) is 10.6 Å². The van der Waals surface area contributed by atoms with Crippen LogP contribution in [0.1, 0.15) is 17.9 Å². The highest BCUT2D eigenvalue weighted by Gasteiger charge is 2.16. The van der Waals surface area contributed by atoms with E-state index < -0.39 is 17.9 Å². The first-order valence-electron chi connectivity index (χ1n) is 7.13. The summed E-state index contributed by atoms with van der Waals surface area (Å²) < 4.78 is 5.29. The lowest BCUT2D eigenvalue weighted by molar-refractivity contribution is -0.136. The second-order valence-corrected chi connectivity index (χ2v) is 5.63. The van der Waals surface area contributed by atoms with Gasteiger partial charge in [0.1, 0.15) is 11.9 Å². The normalized spacial score (nSPS) is 11.6. The van der Waals surface area contributed by atoms with Gasteiger partial charge in [-0.15, -0.1) is 11.3 Å². The summed E-state index contributed by atoms with van der Waals surface area (Å²) in [4.78, 5) is 24.3. The van der Waals surface area contributed by atoms with Crippen LogP contribution in [0.15, 0.2) is 41.8 Å². The predicted molar refractivity (Wildman–Crippen MR) is 88.5 cm³/mol. The second kappa shape index (κ2) is 8.30. The molecule has 0 radical (unpaired) electrons. The van der Waals surface area contributed by atoms with E-state index in [-0.39, 0.29) is 6.54 Å². The lowest BCUT2D eigenvalue weighted by Gasteiger charge is -2.10. The minimum atomic E-state index is -0.822. The van der Waals surface area contributed by atoms with Gasteiger partial charge in [0.2, 0.25) is 0 Å². The standard InChI is InChI=1S/C16H18N2O4S/c1-2-22-12-7-5-11(6-8-12)18-16(21)15(20)17-10-13(19)14-4-3-9-23-14/h3-9,13,19H,2,10H2,1H3,(H,17,20)(H,18,21). The molecule has 2 rings (SSSR count). The van der Waals surface area contributed by atoms with Gasteiger partial charge >= 0.3 is 11.8 Å². The van der Waals surface area contributed by atoms with Gasteiger partial charge in [-0.3, -0.25) is 9.59 Å². The molecule has 23 heavy (non-hydrogen) atoms. The zero-order valence-electron chi connectivity index (χ0n) is 12.6. The van der Waals surface area contributed by atoms with Gasteiger partial charge in [-0.2, -0.15) is 0 Å². The molecule has 0 bridgehead atoms. The summed E-state index contributed by atoms with van der Waals surface area (Å²) in [5, 5.41) is 16.6. The topological polar surface area (TPSA) is 87.7 Å². The summed E-state index contributed by atoms with van der Waals surface area (Å²) in [6.07, 6.45) is -0.822. The third-order valence-corrected chi connectivity index (χ3v) is 3.93. The van der Waals surface area contributed by atoms with Crippen molar-refractivity contribution in [2.75, 3.05) is 18.5 Å². The fourth-order valence-corrected chi connectivity index (χ4v) is 2.55. The number of nitrogens with one attached hydrogen (secondary N) is 2. The van der Waals surface area contributed by atoms with E-state index >= 15 is 0 Å². The van der Waals surface area contributed by atoms with E-state index in [0.29, 0.717) is 18.0 Å². The Morgan fingerprint density at radius 1 is 1.22 bits per heavy atom. The molecule has 1 heterocycles.